The number of fused-ring (bicyclic) bond motifs is 1. The van der Waals surface area contributed by atoms with E-state index in [-0.39, 0.29) is 0 Å². The third kappa shape index (κ3) is 4.24. The topological polar surface area (TPSA) is 60.1 Å². The zero-order valence-corrected chi connectivity index (χ0v) is 18.8. The first kappa shape index (κ1) is 20.4. The molecule has 6 nitrogen and oxygen atoms in total. The van der Waals surface area contributed by atoms with Gasteiger partial charge in [0.1, 0.15) is 5.82 Å². The van der Waals surface area contributed by atoms with Crippen LogP contribution in [0.3, 0.4) is 0 Å². The Bertz CT molecular complexity index is 1180. The van der Waals surface area contributed by atoms with Crippen molar-refractivity contribution in [2.75, 3.05) is 31.1 Å². The molecule has 6 rings (SSSR count). The SMILES string of the molecule is c1ccc(C2CC(c3ncc4[nH]ccc4n3)CC(N3CCN(c4ccccc4)CC3)N2)cc1. The molecular formula is C27H30N6. The number of anilines is 1. The summed E-state index contributed by atoms with van der Waals surface area (Å²) in [5.74, 6) is 1.30. The molecule has 2 saturated heterocycles. The Morgan fingerprint density at radius 2 is 1.58 bits per heavy atom. The third-order valence-electron chi connectivity index (χ3n) is 7.18. The number of nitrogens with one attached hydrogen (secondary N) is 2. The number of benzene rings is 2. The number of para-hydroxylation sites is 1. The average molecular weight is 439 g/mol. The van der Waals surface area contributed by atoms with Gasteiger partial charge >= 0.3 is 0 Å². The summed E-state index contributed by atoms with van der Waals surface area (Å²) in [6.45, 7) is 4.21. The number of piperazine rings is 1. The van der Waals surface area contributed by atoms with Crippen molar-refractivity contribution in [1.29, 1.82) is 0 Å². The Morgan fingerprint density at radius 3 is 2.36 bits per heavy atom. The van der Waals surface area contributed by atoms with Gasteiger partial charge in [-0.1, -0.05) is 48.5 Å². The number of piperidine rings is 1. The van der Waals surface area contributed by atoms with E-state index in [9.17, 15) is 0 Å². The largest absolute Gasteiger partial charge is 0.369 e. The fourth-order valence-electron chi connectivity index (χ4n) is 5.39. The first-order valence-electron chi connectivity index (χ1n) is 12.0. The average Bonchev–Trinajstić information content (AvgIpc) is 3.38. The van der Waals surface area contributed by atoms with Crippen LogP contribution in [0.4, 0.5) is 5.69 Å². The van der Waals surface area contributed by atoms with Gasteiger partial charge in [0, 0.05) is 50.0 Å². The molecule has 6 heteroatoms. The second kappa shape index (κ2) is 8.96. The van der Waals surface area contributed by atoms with Crippen LogP contribution in [0, 0.1) is 0 Å². The van der Waals surface area contributed by atoms with E-state index in [1.165, 1.54) is 11.3 Å². The summed E-state index contributed by atoms with van der Waals surface area (Å²) in [6, 6.07) is 23.9. The van der Waals surface area contributed by atoms with Crippen molar-refractivity contribution < 1.29 is 0 Å². The van der Waals surface area contributed by atoms with Crippen LogP contribution in [0.15, 0.2) is 79.1 Å². The Labute approximate surface area is 194 Å². The van der Waals surface area contributed by atoms with Crippen molar-refractivity contribution in [3.63, 3.8) is 0 Å². The molecule has 0 amide bonds. The van der Waals surface area contributed by atoms with Crippen LogP contribution in [0.1, 0.15) is 36.2 Å². The van der Waals surface area contributed by atoms with Gasteiger partial charge in [-0.25, -0.2) is 9.97 Å². The number of nitrogens with zero attached hydrogens (tertiary/aromatic N) is 4. The molecule has 2 aliphatic heterocycles. The third-order valence-corrected chi connectivity index (χ3v) is 7.18. The first-order chi connectivity index (χ1) is 16.3. The molecule has 33 heavy (non-hydrogen) atoms. The maximum absolute atomic E-state index is 4.92. The minimum atomic E-state index is 0.299. The molecule has 2 aliphatic rings. The number of hydrogen-bond acceptors (Lipinski definition) is 5. The maximum Gasteiger partial charge on any atom is 0.132 e. The van der Waals surface area contributed by atoms with Crippen LogP contribution in [-0.2, 0) is 0 Å². The molecule has 4 aromatic rings. The normalized spacial score (nSPS) is 24.2. The van der Waals surface area contributed by atoms with Crippen molar-refractivity contribution in [3.05, 3.63) is 90.5 Å². The Balaban J connectivity index is 1.23. The van der Waals surface area contributed by atoms with Crippen molar-refractivity contribution in [2.45, 2.75) is 31.0 Å². The van der Waals surface area contributed by atoms with Gasteiger partial charge in [-0.05, 0) is 36.6 Å². The second-order valence-corrected chi connectivity index (χ2v) is 9.18. The molecule has 0 saturated carbocycles. The highest BCUT2D eigenvalue weighted by atomic mass is 15.3. The second-order valence-electron chi connectivity index (χ2n) is 9.18. The lowest BCUT2D eigenvalue weighted by Gasteiger charge is -2.45. The van der Waals surface area contributed by atoms with E-state index < -0.39 is 0 Å². The van der Waals surface area contributed by atoms with Crippen molar-refractivity contribution >= 4 is 16.7 Å². The number of aromatic amines is 1. The lowest BCUT2D eigenvalue weighted by molar-refractivity contribution is 0.0990. The molecule has 0 radical (unpaired) electrons. The summed E-state index contributed by atoms with van der Waals surface area (Å²) in [7, 11) is 0. The molecular weight excluding hydrogens is 408 g/mol. The van der Waals surface area contributed by atoms with Crippen LogP contribution in [0.2, 0.25) is 0 Å². The fraction of sp³-hybridized carbons (Fsp3) is 0.333. The predicted octanol–water partition coefficient (Wildman–Crippen LogP) is 4.31. The van der Waals surface area contributed by atoms with Crippen LogP contribution in [0.25, 0.3) is 11.0 Å². The number of H-pyrrole nitrogens is 1. The van der Waals surface area contributed by atoms with Crippen molar-refractivity contribution in [1.82, 2.24) is 25.2 Å². The molecule has 3 atom stereocenters. The van der Waals surface area contributed by atoms with Gasteiger partial charge in [0.15, 0.2) is 0 Å². The molecule has 2 N–H and O–H groups in total. The van der Waals surface area contributed by atoms with Crippen molar-refractivity contribution in [2.24, 2.45) is 0 Å². The molecule has 3 unspecified atom stereocenters. The lowest BCUT2D eigenvalue weighted by Crippen LogP contribution is -2.57. The van der Waals surface area contributed by atoms with E-state index in [0.29, 0.717) is 18.1 Å². The molecule has 0 spiro atoms. The smallest absolute Gasteiger partial charge is 0.132 e. The Kier molecular flexibility index (Phi) is 5.54. The number of aromatic nitrogens is 3. The highest BCUT2D eigenvalue weighted by Gasteiger charge is 2.35. The Morgan fingerprint density at radius 1 is 0.818 bits per heavy atom. The van der Waals surface area contributed by atoms with Gasteiger partial charge in [0.2, 0.25) is 0 Å². The highest BCUT2D eigenvalue weighted by molar-refractivity contribution is 5.73. The maximum atomic E-state index is 4.92. The van der Waals surface area contributed by atoms with E-state index in [0.717, 1.165) is 55.9 Å². The van der Waals surface area contributed by atoms with Gasteiger partial charge in [0.25, 0.3) is 0 Å². The fourth-order valence-corrected chi connectivity index (χ4v) is 5.39. The van der Waals surface area contributed by atoms with E-state index >= 15 is 0 Å². The summed E-state index contributed by atoms with van der Waals surface area (Å²) in [4.78, 5) is 18.0. The standard InChI is InChI=1S/C27H30N6/c1-3-7-20(8-4-1)24-17-21(27-29-19-25-23(31-27)11-12-28-25)18-26(30-24)33-15-13-32(14-16-33)22-9-5-2-6-10-22/h1-12,19,21,24,26,28,30H,13-18H2. The van der Waals surface area contributed by atoms with Gasteiger partial charge < -0.3 is 9.88 Å². The predicted molar refractivity (Wildman–Crippen MR) is 132 cm³/mol. The molecule has 2 fully saturated rings. The van der Waals surface area contributed by atoms with Crippen LogP contribution < -0.4 is 10.2 Å². The molecule has 2 aromatic heterocycles. The van der Waals surface area contributed by atoms with Gasteiger partial charge in [-0.15, -0.1) is 0 Å². The van der Waals surface area contributed by atoms with E-state index in [1.54, 1.807) is 0 Å². The lowest BCUT2D eigenvalue weighted by atomic mass is 9.86. The number of hydrogen-bond donors (Lipinski definition) is 2. The summed E-state index contributed by atoms with van der Waals surface area (Å²) >= 11 is 0. The summed E-state index contributed by atoms with van der Waals surface area (Å²) in [5, 5.41) is 3.97. The van der Waals surface area contributed by atoms with Gasteiger partial charge in [0.05, 0.1) is 23.4 Å². The monoisotopic (exact) mass is 438 g/mol. The van der Waals surface area contributed by atoms with Crippen LogP contribution in [-0.4, -0.2) is 52.2 Å². The van der Waals surface area contributed by atoms with Crippen LogP contribution in [0.5, 0.6) is 0 Å². The van der Waals surface area contributed by atoms with E-state index in [4.69, 9.17) is 9.97 Å². The summed E-state index contributed by atoms with van der Waals surface area (Å²) in [6.07, 6.45) is 6.24. The van der Waals surface area contributed by atoms with E-state index in [1.807, 2.05) is 18.5 Å². The number of rotatable bonds is 4. The molecule has 0 bridgehead atoms. The minimum absolute atomic E-state index is 0.299. The summed E-state index contributed by atoms with van der Waals surface area (Å²) in [5.41, 5.74) is 4.67. The molecule has 4 heterocycles. The van der Waals surface area contributed by atoms with E-state index in [2.05, 4.69) is 80.8 Å². The molecule has 2 aromatic carbocycles. The highest BCUT2D eigenvalue weighted by Crippen LogP contribution is 2.36. The minimum Gasteiger partial charge on any atom is -0.369 e. The van der Waals surface area contributed by atoms with Gasteiger partial charge in [-0.3, -0.25) is 10.2 Å². The van der Waals surface area contributed by atoms with Crippen LogP contribution >= 0.6 is 0 Å². The zero-order valence-electron chi connectivity index (χ0n) is 18.8. The Hall–Kier alpha value is -3.22. The van der Waals surface area contributed by atoms with Gasteiger partial charge in [-0.2, -0.15) is 0 Å². The zero-order chi connectivity index (χ0) is 22.0. The first-order valence-corrected chi connectivity index (χ1v) is 12.0. The quantitative estimate of drug-likeness (QED) is 0.497. The van der Waals surface area contributed by atoms with Crippen molar-refractivity contribution in [3.8, 4) is 0 Å². The molecule has 0 aliphatic carbocycles. The summed E-state index contributed by atoms with van der Waals surface area (Å²) < 4.78 is 0. The molecule has 168 valence electrons.